The average Bonchev–Trinajstić information content (AvgIpc) is 2.64. The maximum atomic E-state index is 13.0. The monoisotopic (exact) mass is 431 g/mol. The number of halogens is 4. The van der Waals surface area contributed by atoms with E-state index >= 15 is 0 Å². The smallest absolute Gasteiger partial charge is 0.417 e. The number of nitrogens with zero attached hydrogens (tertiary/aromatic N) is 1. The molecule has 0 heterocycles. The van der Waals surface area contributed by atoms with Gasteiger partial charge in [0.2, 0.25) is 0 Å². The van der Waals surface area contributed by atoms with Crippen LogP contribution in [0, 0.1) is 0 Å². The van der Waals surface area contributed by atoms with Crippen LogP contribution in [-0.4, -0.2) is 30.1 Å². The molecular weight excluding hydrogens is 415 g/mol. The zero-order valence-corrected chi connectivity index (χ0v) is 16.1. The van der Waals surface area contributed by atoms with Gasteiger partial charge in [-0.1, -0.05) is 22.8 Å². The molecule has 156 valence electrons. The molecule has 0 aliphatic carbocycles. The normalized spacial score (nSPS) is 12.6. The van der Waals surface area contributed by atoms with E-state index in [4.69, 9.17) is 31.0 Å². The Labute approximate surface area is 169 Å². The van der Waals surface area contributed by atoms with E-state index in [0.717, 1.165) is 18.3 Å². The number of carbonyl (C=O) groups excluding carboxylic acids is 1. The van der Waals surface area contributed by atoms with Gasteiger partial charge < -0.3 is 19.4 Å². The summed E-state index contributed by atoms with van der Waals surface area (Å²) >= 11 is 5.83. The number of hydrogen-bond donors (Lipinski definition) is 1. The lowest BCUT2D eigenvalue weighted by Gasteiger charge is -2.17. The molecular formula is C19H17ClF3NO5. The summed E-state index contributed by atoms with van der Waals surface area (Å²) in [5.41, 5.74) is -0.737. The Hall–Kier alpha value is -2.94. The highest BCUT2D eigenvalue weighted by molar-refractivity contribution is 6.32. The van der Waals surface area contributed by atoms with E-state index in [1.165, 1.54) is 31.2 Å². The van der Waals surface area contributed by atoms with Gasteiger partial charge in [0.05, 0.1) is 23.4 Å². The average molecular weight is 432 g/mol. The van der Waals surface area contributed by atoms with Crippen LogP contribution in [0.15, 0.2) is 41.6 Å². The Morgan fingerprint density at radius 2 is 2.00 bits per heavy atom. The highest BCUT2D eigenvalue weighted by Crippen LogP contribution is 2.41. The van der Waals surface area contributed by atoms with Crippen LogP contribution in [0.2, 0.25) is 5.02 Å². The van der Waals surface area contributed by atoms with Crippen molar-refractivity contribution in [3.8, 4) is 17.2 Å². The summed E-state index contributed by atoms with van der Waals surface area (Å²) in [5.74, 6) is -0.655. The highest BCUT2D eigenvalue weighted by Gasteiger charge is 2.34. The van der Waals surface area contributed by atoms with Crippen molar-refractivity contribution in [2.45, 2.75) is 26.1 Å². The summed E-state index contributed by atoms with van der Waals surface area (Å²) < 4.78 is 54.9. The fraction of sp³-hybridized carbons (Fsp3) is 0.263. The molecule has 0 amide bonds. The maximum Gasteiger partial charge on any atom is 0.417 e. The predicted molar refractivity (Wildman–Crippen MR) is 99.1 cm³/mol. The molecule has 0 saturated heterocycles. The third-order valence-corrected chi connectivity index (χ3v) is 3.99. The molecule has 0 spiro atoms. The van der Waals surface area contributed by atoms with Gasteiger partial charge in [-0.25, -0.2) is 4.79 Å². The largest absolute Gasteiger partial charge is 0.478 e. The van der Waals surface area contributed by atoms with Crippen molar-refractivity contribution in [2.24, 2.45) is 5.16 Å². The number of hydrogen-bond acceptors (Lipinski definition) is 6. The van der Waals surface area contributed by atoms with Crippen LogP contribution in [0.25, 0.3) is 0 Å². The molecule has 1 atom stereocenters. The molecule has 0 fully saturated rings. The number of alkyl halides is 3. The summed E-state index contributed by atoms with van der Waals surface area (Å²) in [6.07, 6.45) is -4.57. The van der Waals surface area contributed by atoms with Gasteiger partial charge in [0.15, 0.2) is 6.10 Å². The van der Waals surface area contributed by atoms with Gasteiger partial charge in [-0.2, -0.15) is 13.2 Å². The van der Waals surface area contributed by atoms with E-state index in [9.17, 15) is 18.0 Å². The van der Waals surface area contributed by atoms with Crippen LogP contribution in [-0.2, 0) is 15.7 Å². The quantitative estimate of drug-likeness (QED) is 0.279. The Bertz CT molecular complexity index is 902. The van der Waals surface area contributed by atoms with E-state index < -0.39 is 28.8 Å². The van der Waals surface area contributed by atoms with Gasteiger partial charge in [0.1, 0.15) is 17.2 Å². The molecule has 2 aromatic carbocycles. The first kappa shape index (κ1) is 22.4. The van der Waals surface area contributed by atoms with Crippen LogP contribution >= 0.6 is 11.6 Å². The summed E-state index contributed by atoms with van der Waals surface area (Å²) in [7, 11) is 0. The molecule has 0 bridgehead atoms. The summed E-state index contributed by atoms with van der Waals surface area (Å²) in [6.45, 7) is 3.26. The summed E-state index contributed by atoms with van der Waals surface area (Å²) in [5, 5.41) is 11.1. The number of ether oxygens (including phenoxy) is 3. The lowest BCUT2D eigenvalue weighted by molar-refractivity contribution is -0.150. The van der Waals surface area contributed by atoms with E-state index in [2.05, 4.69) is 5.16 Å². The molecule has 0 radical (unpaired) electrons. The van der Waals surface area contributed by atoms with Gasteiger partial charge in [-0.05, 0) is 38.1 Å². The van der Waals surface area contributed by atoms with Gasteiger partial charge >= 0.3 is 12.1 Å². The second-order valence-electron chi connectivity index (χ2n) is 5.67. The van der Waals surface area contributed by atoms with E-state index in [0.29, 0.717) is 5.56 Å². The first-order valence-electron chi connectivity index (χ1n) is 8.35. The number of oxime groups is 1. The highest BCUT2D eigenvalue weighted by atomic mass is 35.5. The Kier molecular flexibility index (Phi) is 7.33. The zero-order valence-electron chi connectivity index (χ0n) is 15.4. The molecule has 29 heavy (non-hydrogen) atoms. The lowest BCUT2D eigenvalue weighted by atomic mass is 10.2. The molecule has 1 unspecified atom stereocenters. The third-order valence-electron chi connectivity index (χ3n) is 3.60. The van der Waals surface area contributed by atoms with E-state index in [-0.39, 0.29) is 23.9 Å². The van der Waals surface area contributed by atoms with Crippen molar-refractivity contribution in [3.05, 3.63) is 52.5 Å². The Morgan fingerprint density at radius 1 is 1.28 bits per heavy atom. The van der Waals surface area contributed by atoms with E-state index in [1.807, 2.05) is 0 Å². The molecule has 2 rings (SSSR count). The van der Waals surface area contributed by atoms with Crippen molar-refractivity contribution in [3.63, 3.8) is 0 Å². The number of carbonyl (C=O) groups is 1. The molecule has 0 saturated carbocycles. The molecule has 6 nitrogen and oxygen atoms in total. The maximum absolute atomic E-state index is 13.0. The van der Waals surface area contributed by atoms with Crippen LogP contribution < -0.4 is 9.47 Å². The molecule has 1 N–H and O–H groups in total. The van der Waals surface area contributed by atoms with Crippen LogP contribution in [0.4, 0.5) is 13.2 Å². The molecule has 0 aliphatic heterocycles. The fourth-order valence-corrected chi connectivity index (χ4v) is 2.55. The second-order valence-corrected chi connectivity index (χ2v) is 6.05. The number of benzene rings is 2. The van der Waals surface area contributed by atoms with Crippen molar-refractivity contribution >= 4 is 23.8 Å². The fourth-order valence-electron chi connectivity index (χ4n) is 2.28. The van der Waals surface area contributed by atoms with Gasteiger partial charge in [0, 0.05) is 11.6 Å². The second kappa shape index (κ2) is 9.51. The Balaban J connectivity index is 2.35. The minimum atomic E-state index is -4.64. The van der Waals surface area contributed by atoms with Gasteiger partial charge in [-0.15, -0.1) is 0 Å². The minimum Gasteiger partial charge on any atom is -0.478 e. The molecule has 0 aliphatic rings. The van der Waals surface area contributed by atoms with Crippen LogP contribution in [0.5, 0.6) is 17.2 Å². The Morgan fingerprint density at radius 3 is 2.62 bits per heavy atom. The minimum absolute atomic E-state index is 0.0870. The summed E-state index contributed by atoms with van der Waals surface area (Å²) in [4.78, 5) is 11.8. The standard InChI is InChI=1S/C19H17ClF3NO5/c1-3-27-18(25)11(2)28-16-9-13(8-7-12(16)10-24-26)29-15-6-4-5-14(17(15)20)19(21,22)23/h4-11,26H,3H2,1-2H3/b24-10+. The van der Waals surface area contributed by atoms with E-state index in [1.54, 1.807) is 6.92 Å². The predicted octanol–water partition coefficient (Wildman–Crippen LogP) is 5.29. The first-order chi connectivity index (χ1) is 13.7. The van der Waals surface area contributed by atoms with Gasteiger partial charge in [-0.3, -0.25) is 0 Å². The van der Waals surface area contributed by atoms with Crippen molar-refractivity contribution < 1.29 is 37.4 Å². The first-order valence-corrected chi connectivity index (χ1v) is 8.73. The SMILES string of the molecule is CCOC(=O)C(C)Oc1cc(Oc2cccc(C(F)(F)F)c2Cl)ccc1/C=N/O. The topological polar surface area (TPSA) is 77.4 Å². The van der Waals surface area contributed by atoms with Gasteiger partial charge in [0.25, 0.3) is 0 Å². The molecule has 10 heteroatoms. The van der Waals surface area contributed by atoms with Crippen molar-refractivity contribution in [1.29, 1.82) is 0 Å². The number of esters is 1. The summed E-state index contributed by atoms with van der Waals surface area (Å²) in [6, 6.07) is 7.45. The number of rotatable bonds is 7. The van der Waals surface area contributed by atoms with Crippen LogP contribution in [0.3, 0.4) is 0 Å². The molecule has 0 aromatic heterocycles. The molecule has 2 aromatic rings. The van der Waals surface area contributed by atoms with Crippen LogP contribution in [0.1, 0.15) is 25.0 Å². The van der Waals surface area contributed by atoms with Crippen molar-refractivity contribution in [1.82, 2.24) is 0 Å². The van der Waals surface area contributed by atoms with Crippen molar-refractivity contribution in [2.75, 3.05) is 6.61 Å². The zero-order chi connectivity index (χ0) is 21.6. The third kappa shape index (κ3) is 5.77. The lowest BCUT2D eigenvalue weighted by Crippen LogP contribution is -2.26.